The largest absolute Gasteiger partial charge is 0.487 e. The van der Waals surface area contributed by atoms with Crippen molar-refractivity contribution in [2.75, 3.05) is 324 Å². The predicted molar refractivity (Wildman–Crippen MR) is 520 cm³/mol. The highest BCUT2D eigenvalue weighted by molar-refractivity contribution is 5.56. The van der Waals surface area contributed by atoms with E-state index in [1.54, 1.807) is 12.2 Å². The minimum Gasteiger partial charge on any atom is -0.487 e. The van der Waals surface area contributed by atoms with Crippen molar-refractivity contribution < 1.29 is 142 Å². The van der Waals surface area contributed by atoms with Crippen molar-refractivity contribution in [3.05, 3.63) is 210 Å². The van der Waals surface area contributed by atoms with Crippen molar-refractivity contribution in [2.45, 2.75) is 60.7 Å². The second kappa shape index (κ2) is 83.1. The van der Waals surface area contributed by atoms with Crippen LogP contribution in [-0.2, 0) is 140 Å². The summed E-state index contributed by atoms with van der Waals surface area (Å²) in [5.41, 5.74) is 9.76. The van der Waals surface area contributed by atoms with Crippen molar-refractivity contribution in [3.63, 3.8) is 0 Å². The Morgan fingerprint density at radius 2 is 0.410 bits per heavy atom. The monoisotopic (exact) mass is 1890 g/mol. The molecule has 134 heavy (non-hydrogen) atoms. The van der Waals surface area contributed by atoms with Crippen molar-refractivity contribution in [1.29, 1.82) is 0 Å². The van der Waals surface area contributed by atoms with Crippen LogP contribution in [0.15, 0.2) is 160 Å². The summed E-state index contributed by atoms with van der Waals surface area (Å²) in [6.45, 7) is 46.0. The maximum atomic E-state index is 5.92. The van der Waals surface area contributed by atoms with Gasteiger partial charge in [-0.2, -0.15) is 0 Å². The molecule has 30 heteroatoms. The van der Waals surface area contributed by atoms with Crippen LogP contribution >= 0.6 is 0 Å². The molecular formula is C104H156O30. The average Bonchev–Trinajstić information content (AvgIpc) is 0.904. The third-order valence-electron chi connectivity index (χ3n) is 18.9. The van der Waals surface area contributed by atoms with Gasteiger partial charge in [-0.3, -0.25) is 0 Å². The van der Waals surface area contributed by atoms with Gasteiger partial charge in [-0.1, -0.05) is 177 Å². The first-order chi connectivity index (χ1) is 64.9. The van der Waals surface area contributed by atoms with E-state index in [9.17, 15) is 0 Å². The Morgan fingerprint density at radius 1 is 0.209 bits per heavy atom. The van der Waals surface area contributed by atoms with Gasteiger partial charge in [0.05, 0.1) is 304 Å². The normalized spacial score (nSPS) is 18.9. The molecule has 0 N–H and O–H groups in total. The molecule has 0 aromatic heterocycles. The van der Waals surface area contributed by atoms with Gasteiger partial charge in [-0.15, -0.1) is 0 Å². The number of hydrogen-bond donors (Lipinski definition) is 0. The lowest BCUT2D eigenvalue weighted by molar-refractivity contribution is -0.0865. The summed E-state index contributed by atoms with van der Waals surface area (Å²) in [4.78, 5) is 0. The van der Waals surface area contributed by atoms with E-state index in [0.29, 0.717) is 378 Å². The Labute approximate surface area is 798 Å². The molecule has 5 heterocycles. The number of ether oxygens (including phenoxy) is 30. The summed E-state index contributed by atoms with van der Waals surface area (Å²) in [5.74, 6) is 4.19. The molecule has 2 saturated heterocycles. The molecule has 752 valence electrons. The molecule has 2 atom stereocenters. The lowest BCUT2D eigenvalue weighted by Crippen LogP contribution is -2.28. The number of rotatable bonds is 18. The molecule has 0 radical (unpaired) electrons. The van der Waals surface area contributed by atoms with E-state index in [-0.39, 0.29) is 34.5 Å². The van der Waals surface area contributed by atoms with Crippen LogP contribution in [0.3, 0.4) is 0 Å². The molecule has 2 unspecified atom stereocenters. The topological polar surface area (TPSA) is 277 Å². The van der Waals surface area contributed by atoms with Crippen LogP contribution in [-0.4, -0.2) is 336 Å². The van der Waals surface area contributed by atoms with E-state index in [2.05, 4.69) is 45.0 Å². The molecular weight excluding hydrogens is 1730 g/mol. The van der Waals surface area contributed by atoms with Gasteiger partial charge in [0.25, 0.3) is 0 Å². The zero-order valence-corrected chi connectivity index (χ0v) is 76.9. The fourth-order valence-corrected chi connectivity index (χ4v) is 11.9. The van der Waals surface area contributed by atoms with Crippen LogP contribution in [0.25, 0.3) is 30.4 Å². The molecule has 5 aliphatic rings. The van der Waals surface area contributed by atoms with Crippen molar-refractivity contribution in [1.82, 2.24) is 0 Å². The van der Waals surface area contributed by atoms with E-state index in [0.717, 1.165) is 56.5 Å². The zero-order chi connectivity index (χ0) is 91.9. The minimum atomic E-state index is -0.162. The molecule has 11 rings (SSSR count). The third kappa shape index (κ3) is 59.1. The number of fused-ring (bicyclic) bond motifs is 3. The van der Waals surface area contributed by atoms with Gasteiger partial charge < -0.3 is 142 Å². The van der Waals surface area contributed by atoms with E-state index < -0.39 is 0 Å². The van der Waals surface area contributed by atoms with Crippen LogP contribution in [0.2, 0.25) is 0 Å². The molecule has 0 aliphatic carbocycles. The molecule has 30 nitrogen and oxygen atoms in total. The zero-order valence-electron chi connectivity index (χ0n) is 76.9. The highest BCUT2D eigenvalue weighted by Gasteiger charge is 2.17. The molecule has 6 aromatic carbocycles. The fraction of sp³-hybridized carbons (Fsp3) is 0.558. The summed E-state index contributed by atoms with van der Waals surface area (Å²) >= 11 is 0. The highest BCUT2D eigenvalue weighted by atomic mass is 16.6. The van der Waals surface area contributed by atoms with Gasteiger partial charge in [0.2, 0.25) is 0 Å². The Hall–Kier alpha value is -8.14. The van der Waals surface area contributed by atoms with Crippen LogP contribution in [0.1, 0.15) is 72.4 Å². The maximum absolute atomic E-state index is 5.92. The van der Waals surface area contributed by atoms with Gasteiger partial charge in [0.1, 0.15) is 51.8 Å². The predicted octanol–water partition coefficient (Wildman–Crippen LogP) is 14.8. The van der Waals surface area contributed by atoms with Gasteiger partial charge >= 0.3 is 0 Å². The Balaban J connectivity index is 0.000000350. The summed E-state index contributed by atoms with van der Waals surface area (Å²) in [5, 5.41) is 0. The molecule has 5 aliphatic heterocycles. The van der Waals surface area contributed by atoms with Crippen molar-refractivity contribution in [3.8, 4) is 34.5 Å². The molecule has 0 spiro atoms. The van der Waals surface area contributed by atoms with Crippen LogP contribution in [0.4, 0.5) is 0 Å². The second-order valence-electron chi connectivity index (χ2n) is 28.9. The highest BCUT2D eigenvalue weighted by Crippen LogP contribution is 2.32. The van der Waals surface area contributed by atoms with Crippen molar-refractivity contribution >= 4 is 30.4 Å². The molecule has 0 saturated carbocycles. The van der Waals surface area contributed by atoms with E-state index in [4.69, 9.17) is 142 Å². The summed E-state index contributed by atoms with van der Waals surface area (Å²) in [7, 11) is 0. The smallest absolute Gasteiger partial charge is 0.161 e. The van der Waals surface area contributed by atoms with E-state index in [1.165, 1.54) is 0 Å². The van der Waals surface area contributed by atoms with E-state index >= 15 is 0 Å². The standard InChI is InChI=1S/C25H32O6.C22H34O7.C20H30O6.C18H26O6.C16H22O5.3CH4/c1-2-21-3-5-23(6-4-21)20-29-10-9-22-7-8-24-25(19-22)31-18-16-28-14-12-26-11-13-27-15-17-30-24;1-2-20-3-5-21(6-4-20)17-28-19-22-18-27-14-13-25-10-9-23-7-8-24-11-12-26-15-16-29-22;1-2-18-3-5-19(6-4-18)15-25-17-20-16-24-12-11-22-8-7-21-9-10-23-13-14-26-20;1-2-16-3-4-17-18(15-16)24-14-12-22-10-8-20-6-5-19-7-9-21-11-13-23-17;1-2-14-3-4-15-16(13-14)21-12-10-19-8-6-17-5-7-18-9-11-20-15;;;/h2-8,19H,1,9-18,20H2;2-6,22H,1,7-19H2;2-6,20H,1,7-17H2;2-4,15H,1,5-14H2;2-4,13H,1,5-12H2;3*1H4. The summed E-state index contributed by atoms with van der Waals surface area (Å²) in [6.07, 6.45) is 9.52. The van der Waals surface area contributed by atoms with Crippen molar-refractivity contribution in [2.24, 2.45) is 0 Å². The number of hydrogen-bond acceptors (Lipinski definition) is 30. The molecule has 0 bridgehead atoms. The Morgan fingerprint density at radius 3 is 0.672 bits per heavy atom. The van der Waals surface area contributed by atoms with Gasteiger partial charge in [-0.25, -0.2) is 0 Å². The minimum absolute atomic E-state index is 0. The molecule has 2 fully saturated rings. The van der Waals surface area contributed by atoms with Gasteiger partial charge in [-0.05, 0) is 92.9 Å². The first-order valence-corrected chi connectivity index (χ1v) is 45.4. The maximum Gasteiger partial charge on any atom is 0.161 e. The quantitative estimate of drug-likeness (QED) is 0.0723. The van der Waals surface area contributed by atoms with Gasteiger partial charge in [0.15, 0.2) is 34.5 Å². The average molecular weight is 1890 g/mol. The molecule has 6 aromatic rings. The first-order valence-electron chi connectivity index (χ1n) is 45.4. The SMILES string of the molecule is C.C.C.C=Cc1ccc(COCC2COCCOCCOCCOCCO2)cc1.C=Cc1ccc(COCC2COCCOCCOCCOCCOCCO2)cc1.C=Cc1ccc(COCCc2ccc3c(c2)OCCOCCOCCOCCO3)cc1.C=Cc1ccc2c(c1)OCCOCCOCCOCCO2.C=Cc1ccc2c(c1)OCCOCCOCCOCCOCCO2. The first kappa shape index (κ1) is 118. The fourth-order valence-electron chi connectivity index (χ4n) is 11.9. The number of benzene rings is 6. The lowest BCUT2D eigenvalue weighted by Gasteiger charge is -2.19. The van der Waals surface area contributed by atoms with Crippen LogP contribution in [0.5, 0.6) is 34.5 Å². The summed E-state index contributed by atoms with van der Waals surface area (Å²) in [6, 6.07) is 41.9. The third-order valence-corrected chi connectivity index (χ3v) is 18.9. The van der Waals surface area contributed by atoms with Gasteiger partial charge in [0, 0.05) is 0 Å². The lowest BCUT2D eigenvalue weighted by atomic mass is 10.1. The molecule has 0 amide bonds. The Kier molecular flexibility index (Phi) is 73.2. The summed E-state index contributed by atoms with van der Waals surface area (Å²) < 4.78 is 168. The Bertz CT molecular complexity index is 3770. The van der Waals surface area contributed by atoms with Crippen LogP contribution < -0.4 is 28.4 Å². The van der Waals surface area contributed by atoms with E-state index in [1.807, 2.05) is 133 Å². The van der Waals surface area contributed by atoms with Crippen LogP contribution in [0, 0.1) is 0 Å². The second-order valence-corrected chi connectivity index (χ2v) is 28.9.